The number of hydrogen-bond donors (Lipinski definition) is 3. The van der Waals surface area contributed by atoms with Gasteiger partial charge in [-0.2, -0.15) is 5.10 Å². The number of aromatic carboxylic acids is 1. The summed E-state index contributed by atoms with van der Waals surface area (Å²) in [5.74, 6) is -1.96. The third kappa shape index (κ3) is 2.51. The van der Waals surface area contributed by atoms with Crippen LogP contribution in [0.15, 0.2) is 29.4 Å². The molecule has 1 aliphatic rings. The fourth-order valence-electron chi connectivity index (χ4n) is 1.43. The predicted molar refractivity (Wildman–Crippen MR) is 62.2 cm³/mol. The summed E-state index contributed by atoms with van der Waals surface area (Å²) in [6.45, 7) is 0. The molecule has 0 atom stereocenters. The van der Waals surface area contributed by atoms with E-state index in [1.54, 1.807) is 6.07 Å². The number of nitrogens with zero attached hydrogens (tertiary/aromatic N) is 1. The van der Waals surface area contributed by atoms with Gasteiger partial charge in [-0.1, -0.05) is 6.07 Å². The Hall–Kier alpha value is -2.70. The normalized spacial score (nSPS) is 13.8. The third-order valence-electron chi connectivity index (χ3n) is 2.27. The molecule has 1 aromatic rings. The summed E-state index contributed by atoms with van der Waals surface area (Å²) in [5.41, 5.74) is 2.63. The number of benzene rings is 1. The largest absolute Gasteiger partial charge is 0.478 e. The summed E-state index contributed by atoms with van der Waals surface area (Å²) in [4.78, 5) is 33.3. The summed E-state index contributed by atoms with van der Waals surface area (Å²) >= 11 is 0. The van der Waals surface area contributed by atoms with E-state index in [0.717, 1.165) is 0 Å². The molecule has 92 valence electrons. The van der Waals surface area contributed by atoms with Crippen LogP contribution in [0.4, 0.5) is 5.69 Å². The molecule has 0 aliphatic carbocycles. The number of hydrogen-bond acceptors (Lipinski definition) is 4. The highest BCUT2D eigenvalue weighted by molar-refractivity contribution is 6.46. The smallest absolute Gasteiger partial charge is 0.335 e. The molecule has 1 aromatic carbocycles. The lowest BCUT2D eigenvalue weighted by Gasteiger charge is -2.04. The average molecular weight is 247 g/mol. The lowest BCUT2D eigenvalue weighted by Crippen LogP contribution is -2.22. The van der Waals surface area contributed by atoms with Crippen molar-refractivity contribution < 1.29 is 19.5 Å². The first-order valence-electron chi connectivity index (χ1n) is 5.06. The van der Waals surface area contributed by atoms with E-state index < -0.39 is 11.9 Å². The van der Waals surface area contributed by atoms with Crippen molar-refractivity contribution in [3.8, 4) is 0 Å². The van der Waals surface area contributed by atoms with Gasteiger partial charge in [0, 0.05) is 5.69 Å². The monoisotopic (exact) mass is 247 g/mol. The fourth-order valence-corrected chi connectivity index (χ4v) is 1.43. The van der Waals surface area contributed by atoms with Gasteiger partial charge in [0.2, 0.25) is 5.91 Å². The van der Waals surface area contributed by atoms with Crippen LogP contribution in [0.2, 0.25) is 0 Å². The number of carbonyl (C=O) groups excluding carboxylic acids is 2. The lowest BCUT2D eigenvalue weighted by atomic mass is 10.2. The highest BCUT2D eigenvalue weighted by Gasteiger charge is 2.21. The molecule has 0 bridgehead atoms. The minimum absolute atomic E-state index is 0.0652. The van der Waals surface area contributed by atoms with Crippen LogP contribution < -0.4 is 10.7 Å². The zero-order chi connectivity index (χ0) is 13.1. The molecular weight excluding hydrogens is 238 g/mol. The van der Waals surface area contributed by atoms with Crippen LogP contribution in [0, 0.1) is 0 Å². The second-order valence-corrected chi connectivity index (χ2v) is 3.61. The van der Waals surface area contributed by atoms with Crippen molar-refractivity contribution in [2.75, 3.05) is 5.32 Å². The Morgan fingerprint density at radius 3 is 2.78 bits per heavy atom. The van der Waals surface area contributed by atoms with Gasteiger partial charge in [-0.15, -0.1) is 0 Å². The molecule has 18 heavy (non-hydrogen) atoms. The molecule has 0 radical (unpaired) electrons. The Bertz CT molecular complexity index is 565. The first-order chi connectivity index (χ1) is 8.56. The molecular formula is C11H9N3O4. The molecule has 1 aliphatic heterocycles. The van der Waals surface area contributed by atoms with E-state index in [1.165, 1.54) is 18.2 Å². The number of carboxylic acids is 1. The minimum atomic E-state index is -1.08. The van der Waals surface area contributed by atoms with Crippen molar-refractivity contribution in [3.63, 3.8) is 0 Å². The molecule has 7 nitrogen and oxygen atoms in total. The van der Waals surface area contributed by atoms with Gasteiger partial charge in [-0.05, 0) is 18.2 Å². The average Bonchev–Trinajstić information content (AvgIpc) is 2.76. The van der Waals surface area contributed by atoms with Crippen molar-refractivity contribution in [2.24, 2.45) is 5.10 Å². The molecule has 2 amide bonds. The second kappa shape index (κ2) is 4.66. The Morgan fingerprint density at radius 2 is 2.17 bits per heavy atom. The maximum absolute atomic E-state index is 11.7. The Balaban J connectivity index is 2.10. The number of carboxylic acid groups (broad SMARTS) is 1. The van der Waals surface area contributed by atoms with Crippen LogP contribution >= 0.6 is 0 Å². The van der Waals surface area contributed by atoms with Crippen LogP contribution in [0.1, 0.15) is 16.8 Å². The number of rotatable bonds is 3. The molecule has 1 heterocycles. The van der Waals surface area contributed by atoms with Crippen LogP contribution in [0.25, 0.3) is 0 Å². The third-order valence-corrected chi connectivity index (χ3v) is 2.27. The van der Waals surface area contributed by atoms with Crippen molar-refractivity contribution in [2.45, 2.75) is 6.42 Å². The number of hydrazone groups is 1. The molecule has 0 aromatic heterocycles. The highest BCUT2D eigenvalue weighted by atomic mass is 16.4. The minimum Gasteiger partial charge on any atom is -0.478 e. The molecule has 0 unspecified atom stereocenters. The maximum atomic E-state index is 11.7. The molecule has 0 fully saturated rings. The SMILES string of the molecule is O=C1CC(C(=O)Nc2cccc(C(=O)O)c2)=NN1. The number of carbonyl (C=O) groups is 3. The highest BCUT2D eigenvalue weighted by Crippen LogP contribution is 2.11. The van der Waals surface area contributed by atoms with Crippen LogP contribution in [0.3, 0.4) is 0 Å². The van der Waals surface area contributed by atoms with Gasteiger partial charge in [0.1, 0.15) is 5.71 Å². The lowest BCUT2D eigenvalue weighted by molar-refractivity contribution is -0.119. The van der Waals surface area contributed by atoms with E-state index in [-0.39, 0.29) is 23.6 Å². The Kier molecular flexibility index (Phi) is 3.05. The van der Waals surface area contributed by atoms with Gasteiger partial charge in [0.15, 0.2) is 0 Å². The first kappa shape index (κ1) is 11.8. The van der Waals surface area contributed by atoms with Gasteiger partial charge in [0.25, 0.3) is 5.91 Å². The van der Waals surface area contributed by atoms with Gasteiger partial charge in [-0.25, -0.2) is 10.2 Å². The number of nitrogens with one attached hydrogen (secondary N) is 2. The molecule has 0 saturated carbocycles. The summed E-state index contributed by atoms with van der Waals surface area (Å²) in [6.07, 6.45) is -0.0789. The van der Waals surface area contributed by atoms with E-state index >= 15 is 0 Å². The molecule has 0 spiro atoms. The summed E-state index contributed by atoms with van der Waals surface area (Å²) in [6, 6.07) is 5.80. The Labute approximate surface area is 101 Å². The standard InChI is InChI=1S/C11H9N3O4/c15-9-5-8(13-14-9)10(16)12-7-3-1-2-6(4-7)11(17)18/h1-4H,5H2,(H,12,16)(H,14,15)(H,17,18). The van der Waals surface area contributed by atoms with Crippen molar-refractivity contribution in [1.29, 1.82) is 0 Å². The van der Waals surface area contributed by atoms with Gasteiger partial charge in [0.05, 0.1) is 12.0 Å². The van der Waals surface area contributed by atoms with E-state index in [9.17, 15) is 14.4 Å². The van der Waals surface area contributed by atoms with Gasteiger partial charge >= 0.3 is 5.97 Å². The van der Waals surface area contributed by atoms with Crippen molar-refractivity contribution in [1.82, 2.24) is 5.43 Å². The topological polar surface area (TPSA) is 108 Å². The first-order valence-corrected chi connectivity index (χ1v) is 5.06. The van der Waals surface area contributed by atoms with Crippen LogP contribution in [0.5, 0.6) is 0 Å². The van der Waals surface area contributed by atoms with E-state index in [0.29, 0.717) is 5.69 Å². The maximum Gasteiger partial charge on any atom is 0.335 e. The van der Waals surface area contributed by atoms with E-state index in [4.69, 9.17) is 5.11 Å². The zero-order valence-electron chi connectivity index (χ0n) is 9.14. The van der Waals surface area contributed by atoms with Crippen LogP contribution in [-0.4, -0.2) is 28.6 Å². The van der Waals surface area contributed by atoms with Crippen LogP contribution in [-0.2, 0) is 9.59 Å². The fraction of sp³-hybridized carbons (Fsp3) is 0.0909. The van der Waals surface area contributed by atoms with E-state index in [1.807, 2.05) is 0 Å². The van der Waals surface area contributed by atoms with E-state index in [2.05, 4.69) is 15.8 Å². The van der Waals surface area contributed by atoms with Crippen molar-refractivity contribution in [3.05, 3.63) is 29.8 Å². The predicted octanol–water partition coefficient (Wildman–Crippen LogP) is 0.199. The summed E-state index contributed by atoms with van der Waals surface area (Å²) < 4.78 is 0. The molecule has 2 rings (SSSR count). The second-order valence-electron chi connectivity index (χ2n) is 3.61. The zero-order valence-corrected chi connectivity index (χ0v) is 9.14. The molecule has 7 heteroatoms. The summed E-state index contributed by atoms with van der Waals surface area (Å²) in [5, 5.41) is 14.8. The molecule has 0 saturated heterocycles. The van der Waals surface area contributed by atoms with Gasteiger partial charge in [-0.3, -0.25) is 9.59 Å². The molecule has 3 N–H and O–H groups in total. The van der Waals surface area contributed by atoms with Crippen molar-refractivity contribution >= 4 is 29.2 Å². The number of anilines is 1. The number of amides is 2. The Morgan fingerprint density at radius 1 is 1.39 bits per heavy atom. The quantitative estimate of drug-likeness (QED) is 0.708. The van der Waals surface area contributed by atoms with Gasteiger partial charge < -0.3 is 10.4 Å². The summed E-state index contributed by atoms with van der Waals surface area (Å²) in [7, 11) is 0.